The maximum atomic E-state index is 12.5. The normalized spacial score (nSPS) is 17.3. The number of piperidine rings is 1. The predicted molar refractivity (Wildman–Crippen MR) is 90.0 cm³/mol. The zero-order valence-corrected chi connectivity index (χ0v) is 12.8. The molecular weight excluding hydrogens is 288 g/mol. The molecule has 0 bridgehead atoms. The molecule has 1 N–H and O–H groups in total. The number of aromatic nitrogens is 2. The zero-order chi connectivity index (χ0) is 16.1. The van der Waals surface area contributed by atoms with Crippen LogP contribution in [0.3, 0.4) is 0 Å². The summed E-state index contributed by atoms with van der Waals surface area (Å²) >= 11 is 0. The molecule has 1 aromatic carbocycles. The topological polar surface area (TPSA) is 58.1 Å². The van der Waals surface area contributed by atoms with Gasteiger partial charge in [-0.1, -0.05) is 12.0 Å². The third-order valence-corrected chi connectivity index (χ3v) is 3.96. The molecule has 1 amide bonds. The minimum atomic E-state index is -0.0692. The molecule has 116 valence electrons. The Hall–Kier alpha value is -2.87. The Bertz CT molecular complexity index is 723. The molecule has 1 aromatic heterocycles. The van der Waals surface area contributed by atoms with Crippen LogP contribution in [0, 0.1) is 18.3 Å². The SMILES string of the molecule is C#Cc1cccc(NC(=O)C2CCCN(c3cnccn3)C2)c1. The Balaban J connectivity index is 1.66. The molecule has 2 heterocycles. The largest absolute Gasteiger partial charge is 0.355 e. The number of anilines is 2. The Kier molecular flexibility index (Phi) is 4.53. The lowest BCUT2D eigenvalue weighted by atomic mass is 9.97. The van der Waals surface area contributed by atoms with Crippen LogP contribution in [0.1, 0.15) is 18.4 Å². The van der Waals surface area contributed by atoms with E-state index in [1.165, 1.54) is 0 Å². The van der Waals surface area contributed by atoms with Crippen molar-refractivity contribution in [1.29, 1.82) is 0 Å². The highest BCUT2D eigenvalue weighted by molar-refractivity contribution is 5.93. The van der Waals surface area contributed by atoms with Gasteiger partial charge in [0.1, 0.15) is 5.82 Å². The van der Waals surface area contributed by atoms with E-state index in [1.807, 2.05) is 18.2 Å². The van der Waals surface area contributed by atoms with Gasteiger partial charge in [-0.15, -0.1) is 6.42 Å². The number of hydrogen-bond donors (Lipinski definition) is 1. The average molecular weight is 306 g/mol. The van der Waals surface area contributed by atoms with Crippen molar-refractivity contribution in [2.24, 2.45) is 5.92 Å². The van der Waals surface area contributed by atoms with Crippen LogP contribution < -0.4 is 10.2 Å². The lowest BCUT2D eigenvalue weighted by Gasteiger charge is -2.32. The summed E-state index contributed by atoms with van der Waals surface area (Å²) < 4.78 is 0. The minimum absolute atomic E-state index is 0.0211. The highest BCUT2D eigenvalue weighted by Gasteiger charge is 2.26. The first-order valence-corrected chi connectivity index (χ1v) is 7.65. The number of terminal acetylenes is 1. The Morgan fingerprint density at radius 2 is 2.30 bits per heavy atom. The van der Waals surface area contributed by atoms with Gasteiger partial charge in [0, 0.05) is 36.7 Å². The van der Waals surface area contributed by atoms with Gasteiger partial charge in [-0.25, -0.2) is 4.98 Å². The van der Waals surface area contributed by atoms with Gasteiger partial charge < -0.3 is 10.2 Å². The van der Waals surface area contributed by atoms with Gasteiger partial charge in [0.15, 0.2) is 0 Å². The first-order valence-electron chi connectivity index (χ1n) is 7.65. The predicted octanol–water partition coefficient (Wildman–Crippen LogP) is 2.31. The lowest BCUT2D eigenvalue weighted by molar-refractivity contribution is -0.120. The van der Waals surface area contributed by atoms with E-state index in [4.69, 9.17) is 6.42 Å². The summed E-state index contributed by atoms with van der Waals surface area (Å²) in [6.45, 7) is 1.55. The van der Waals surface area contributed by atoms with Crippen LogP contribution in [-0.2, 0) is 4.79 Å². The number of carbonyl (C=O) groups excluding carboxylic acids is 1. The second kappa shape index (κ2) is 6.93. The summed E-state index contributed by atoms with van der Waals surface area (Å²) in [5.41, 5.74) is 1.50. The van der Waals surface area contributed by atoms with E-state index in [2.05, 4.69) is 26.1 Å². The van der Waals surface area contributed by atoms with E-state index >= 15 is 0 Å². The molecule has 1 saturated heterocycles. The molecule has 0 spiro atoms. The van der Waals surface area contributed by atoms with E-state index in [0.29, 0.717) is 6.54 Å². The maximum absolute atomic E-state index is 12.5. The fraction of sp³-hybridized carbons (Fsp3) is 0.278. The van der Waals surface area contributed by atoms with Crippen LogP contribution in [0.25, 0.3) is 0 Å². The number of rotatable bonds is 3. The van der Waals surface area contributed by atoms with Crippen molar-refractivity contribution in [3.8, 4) is 12.3 Å². The fourth-order valence-corrected chi connectivity index (χ4v) is 2.78. The van der Waals surface area contributed by atoms with E-state index < -0.39 is 0 Å². The summed E-state index contributed by atoms with van der Waals surface area (Å²) in [5, 5.41) is 2.96. The Labute approximate surface area is 135 Å². The number of hydrogen-bond acceptors (Lipinski definition) is 4. The van der Waals surface area contributed by atoms with Crippen molar-refractivity contribution in [3.63, 3.8) is 0 Å². The highest BCUT2D eigenvalue weighted by atomic mass is 16.1. The molecule has 1 aliphatic heterocycles. The van der Waals surface area contributed by atoms with E-state index in [-0.39, 0.29) is 11.8 Å². The monoisotopic (exact) mass is 306 g/mol. The van der Waals surface area contributed by atoms with Crippen LogP contribution in [0.5, 0.6) is 0 Å². The molecule has 5 heteroatoms. The van der Waals surface area contributed by atoms with Crippen molar-refractivity contribution in [1.82, 2.24) is 9.97 Å². The molecule has 0 saturated carbocycles. The third kappa shape index (κ3) is 3.67. The molecule has 1 unspecified atom stereocenters. The molecule has 0 radical (unpaired) electrons. The standard InChI is InChI=1S/C18H18N4O/c1-2-14-5-3-7-16(11-14)21-18(23)15-6-4-10-22(13-15)17-12-19-8-9-20-17/h1,3,5,7-9,11-12,15H,4,6,10,13H2,(H,21,23). The first-order chi connectivity index (χ1) is 11.3. The Morgan fingerprint density at radius 1 is 1.39 bits per heavy atom. The summed E-state index contributed by atoms with van der Waals surface area (Å²) in [7, 11) is 0. The van der Waals surface area contributed by atoms with Gasteiger partial charge in [-0.3, -0.25) is 9.78 Å². The second-order valence-electron chi connectivity index (χ2n) is 5.56. The number of amides is 1. The van der Waals surface area contributed by atoms with Gasteiger partial charge in [0.05, 0.1) is 12.1 Å². The second-order valence-corrected chi connectivity index (χ2v) is 5.56. The molecule has 3 rings (SSSR count). The van der Waals surface area contributed by atoms with Crippen LogP contribution >= 0.6 is 0 Å². The van der Waals surface area contributed by atoms with Gasteiger partial charge in [-0.2, -0.15) is 0 Å². The van der Waals surface area contributed by atoms with Crippen LogP contribution in [0.4, 0.5) is 11.5 Å². The molecule has 0 aliphatic carbocycles. The molecular formula is C18H18N4O. The number of nitrogens with one attached hydrogen (secondary N) is 1. The van der Waals surface area contributed by atoms with E-state index in [1.54, 1.807) is 24.7 Å². The summed E-state index contributed by atoms with van der Waals surface area (Å²) in [6, 6.07) is 7.34. The van der Waals surface area contributed by atoms with Crippen LogP contribution in [0.15, 0.2) is 42.9 Å². The van der Waals surface area contributed by atoms with Crippen molar-refractivity contribution in [2.45, 2.75) is 12.8 Å². The highest BCUT2D eigenvalue weighted by Crippen LogP contribution is 2.22. The Morgan fingerprint density at radius 3 is 3.09 bits per heavy atom. The molecule has 1 atom stereocenters. The van der Waals surface area contributed by atoms with Crippen LogP contribution in [-0.4, -0.2) is 29.0 Å². The smallest absolute Gasteiger partial charge is 0.229 e. The third-order valence-electron chi connectivity index (χ3n) is 3.96. The molecule has 2 aromatic rings. The number of nitrogens with zero attached hydrogens (tertiary/aromatic N) is 3. The van der Waals surface area contributed by atoms with Crippen LogP contribution in [0.2, 0.25) is 0 Å². The van der Waals surface area contributed by atoms with Gasteiger partial charge >= 0.3 is 0 Å². The molecule has 1 fully saturated rings. The summed E-state index contributed by atoms with van der Waals surface area (Å²) in [6.07, 6.45) is 12.3. The molecule has 23 heavy (non-hydrogen) atoms. The minimum Gasteiger partial charge on any atom is -0.355 e. The van der Waals surface area contributed by atoms with Gasteiger partial charge in [-0.05, 0) is 31.0 Å². The van der Waals surface area contributed by atoms with Gasteiger partial charge in [0.2, 0.25) is 5.91 Å². The zero-order valence-electron chi connectivity index (χ0n) is 12.8. The van der Waals surface area contributed by atoms with Crippen molar-refractivity contribution >= 4 is 17.4 Å². The molecule has 5 nitrogen and oxygen atoms in total. The fourth-order valence-electron chi connectivity index (χ4n) is 2.78. The average Bonchev–Trinajstić information content (AvgIpc) is 2.63. The number of carbonyl (C=O) groups is 1. The van der Waals surface area contributed by atoms with E-state index in [9.17, 15) is 4.79 Å². The van der Waals surface area contributed by atoms with Gasteiger partial charge in [0.25, 0.3) is 0 Å². The summed E-state index contributed by atoms with van der Waals surface area (Å²) in [4.78, 5) is 23.0. The summed E-state index contributed by atoms with van der Waals surface area (Å²) in [5.74, 6) is 3.34. The first kappa shape index (κ1) is 15.0. The van der Waals surface area contributed by atoms with Crippen molar-refractivity contribution in [3.05, 3.63) is 48.4 Å². The quantitative estimate of drug-likeness (QED) is 0.884. The van der Waals surface area contributed by atoms with E-state index in [0.717, 1.165) is 36.5 Å². The maximum Gasteiger partial charge on any atom is 0.229 e. The van der Waals surface area contributed by atoms with Crippen molar-refractivity contribution < 1.29 is 4.79 Å². The number of benzene rings is 1. The van der Waals surface area contributed by atoms with Crippen molar-refractivity contribution in [2.75, 3.05) is 23.3 Å². The molecule has 1 aliphatic rings. The lowest BCUT2D eigenvalue weighted by Crippen LogP contribution is -2.41.